The molecule has 7 nitrogen and oxygen atoms in total. The molecule has 0 radical (unpaired) electrons. The van der Waals surface area contributed by atoms with E-state index in [2.05, 4.69) is 20.1 Å². The SMILES string of the molecule is CSc1nc2nc(C)c(CC(=O)n3ccccc3=NC(C)C)c(C)n2n1. The number of hydrogen-bond donors (Lipinski definition) is 0. The number of carbonyl (C=O) groups excluding carboxylic acids is 1. The molecular formula is C18H22N6OS. The molecule has 0 aliphatic heterocycles. The second kappa shape index (κ2) is 7.41. The molecule has 0 amide bonds. The molecule has 0 saturated carbocycles. The van der Waals surface area contributed by atoms with Gasteiger partial charge >= 0.3 is 0 Å². The minimum Gasteiger partial charge on any atom is -0.274 e. The second-order valence-electron chi connectivity index (χ2n) is 6.29. The van der Waals surface area contributed by atoms with Crippen molar-refractivity contribution in [3.63, 3.8) is 0 Å². The summed E-state index contributed by atoms with van der Waals surface area (Å²) in [6, 6.07) is 5.68. The molecule has 0 fully saturated rings. The maximum Gasteiger partial charge on any atom is 0.253 e. The number of aryl methyl sites for hydroxylation is 2. The Morgan fingerprint density at radius 1 is 1.27 bits per heavy atom. The summed E-state index contributed by atoms with van der Waals surface area (Å²) >= 11 is 1.47. The van der Waals surface area contributed by atoms with Crippen LogP contribution >= 0.6 is 11.8 Å². The lowest BCUT2D eigenvalue weighted by molar-refractivity contribution is 0.0907. The predicted octanol–water partition coefficient (Wildman–Crippen LogP) is 2.46. The van der Waals surface area contributed by atoms with Crippen molar-refractivity contribution in [3.05, 3.63) is 46.8 Å². The highest BCUT2D eigenvalue weighted by molar-refractivity contribution is 7.98. The summed E-state index contributed by atoms with van der Waals surface area (Å²) in [5.41, 5.74) is 3.20. The Labute approximate surface area is 156 Å². The van der Waals surface area contributed by atoms with Gasteiger partial charge in [0.25, 0.3) is 5.78 Å². The van der Waals surface area contributed by atoms with Gasteiger partial charge in [0.05, 0.1) is 6.42 Å². The summed E-state index contributed by atoms with van der Waals surface area (Å²) in [4.78, 5) is 26.4. The van der Waals surface area contributed by atoms with Crippen molar-refractivity contribution in [1.82, 2.24) is 24.1 Å². The van der Waals surface area contributed by atoms with Crippen molar-refractivity contribution < 1.29 is 4.79 Å². The monoisotopic (exact) mass is 370 g/mol. The molecule has 8 heteroatoms. The number of thioether (sulfide) groups is 1. The number of fused-ring (bicyclic) bond motifs is 1. The maximum atomic E-state index is 12.9. The van der Waals surface area contributed by atoms with E-state index in [1.54, 1.807) is 15.3 Å². The molecule has 26 heavy (non-hydrogen) atoms. The smallest absolute Gasteiger partial charge is 0.253 e. The van der Waals surface area contributed by atoms with Crippen LogP contribution in [0.4, 0.5) is 0 Å². The fourth-order valence-electron chi connectivity index (χ4n) is 2.78. The number of aromatic nitrogens is 5. The third kappa shape index (κ3) is 3.55. The van der Waals surface area contributed by atoms with E-state index < -0.39 is 0 Å². The summed E-state index contributed by atoms with van der Waals surface area (Å²) in [6.07, 6.45) is 3.90. The number of carbonyl (C=O) groups is 1. The van der Waals surface area contributed by atoms with Crippen LogP contribution in [0, 0.1) is 13.8 Å². The molecule has 0 spiro atoms. The topological polar surface area (TPSA) is 77.4 Å². The summed E-state index contributed by atoms with van der Waals surface area (Å²) < 4.78 is 3.30. The molecule has 3 heterocycles. The van der Waals surface area contributed by atoms with E-state index in [1.165, 1.54) is 11.8 Å². The highest BCUT2D eigenvalue weighted by atomic mass is 32.2. The quantitative estimate of drug-likeness (QED) is 0.659. The van der Waals surface area contributed by atoms with Crippen LogP contribution in [0.1, 0.15) is 35.6 Å². The third-order valence-electron chi connectivity index (χ3n) is 4.04. The van der Waals surface area contributed by atoms with Crippen molar-refractivity contribution in [2.24, 2.45) is 4.99 Å². The minimum absolute atomic E-state index is 0.0532. The summed E-state index contributed by atoms with van der Waals surface area (Å²) in [7, 11) is 0. The van der Waals surface area contributed by atoms with Crippen molar-refractivity contribution in [1.29, 1.82) is 0 Å². The second-order valence-corrected chi connectivity index (χ2v) is 7.07. The van der Waals surface area contributed by atoms with E-state index in [4.69, 9.17) is 0 Å². The Morgan fingerprint density at radius 3 is 2.73 bits per heavy atom. The number of hydrogen-bond acceptors (Lipinski definition) is 6. The van der Waals surface area contributed by atoms with Crippen LogP contribution in [-0.4, -0.2) is 42.4 Å². The molecule has 3 aromatic heterocycles. The standard InChI is InChI=1S/C18H22N6OS/c1-11(2)19-15-8-6-7-9-23(15)16(25)10-14-12(3)20-17-21-18(26-5)22-24(17)13(14)4/h6-9,11H,10H2,1-5H3. The Bertz CT molecular complexity index is 1030. The van der Waals surface area contributed by atoms with Gasteiger partial charge in [0.1, 0.15) is 5.49 Å². The maximum absolute atomic E-state index is 12.9. The lowest BCUT2D eigenvalue weighted by Crippen LogP contribution is -2.29. The van der Waals surface area contributed by atoms with Crippen molar-refractivity contribution in [2.45, 2.75) is 45.3 Å². The van der Waals surface area contributed by atoms with Gasteiger partial charge in [-0.15, -0.1) is 5.10 Å². The lowest BCUT2D eigenvalue weighted by atomic mass is 10.1. The van der Waals surface area contributed by atoms with Crippen LogP contribution in [0.3, 0.4) is 0 Å². The molecule has 0 aliphatic rings. The molecule has 0 atom stereocenters. The van der Waals surface area contributed by atoms with E-state index in [0.29, 0.717) is 16.4 Å². The minimum atomic E-state index is -0.0532. The van der Waals surface area contributed by atoms with E-state index in [1.807, 2.05) is 52.1 Å². The van der Waals surface area contributed by atoms with E-state index in [9.17, 15) is 4.79 Å². The average molecular weight is 370 g/mol. The van der Waals surface area contributed by atoms with Gasteiger partial charge in [0, 0.05) is 29.2 Å². The zero-order valence-electron chi connectivity index (χ0n) is 15.6. The van der Waals surface area contributed by atoms with Gasteiger partial charge in [0.2, 0.25) is 11.1 Å². The molecule has 136 valence electrons. The molecule has 0 aliphatic carbocycles. The van der Waals surface area contributed by atoms with Gasteiger partial charge in [-0.3, -0.25) is 14.4 Å². The highest BCUT2D eigenvalue weighted by Crippen LogP contribution is 2.17. The third-order valence-corrected chi connectivity index (χ3v) is 4.58. The molecule has 3 rings (SSSR count). The van der Waals surface area contributed by atoms with Crippen LogP contribution < -0.4 is 5.49 Å². The van der Waals surface area contributed by atoms with Crippen molar-refractivity contribution in [3.8, 4) is 0 Å². The predicted molar refractivity (Wildman–Crippen MR) is 101 cm³/mol. The summed E-state index contributed by atoms with van der Waals surface area (Å²) in [5, 5.41) is 5.10. The average Bonchev–Trinajstić information content (AvgIpc) is 3.01. The van der Waals surface area contributed by atoms with Crippen LogP contribution in [0.2, 0.25) is 0 Å². The largest absolute Gasteiger partial charge is 0.274 e. The molecule has 0 N–H and O–H groups in total. The Hall–Kier alpha value is -2.48. The first kappa shape index (κ1) is 18.3. The van der Waals surface area contributed by atoms with Gasteiger partial charge in [-0.2, -0.15) is 4.98 Å². The van der Waals surface area contributed by atoms with Crippen molar-refractivity contribution in [2.75, 3.05) is 6.26 Å². The van der Waals surface area contributed by atoms with E-state index in [-0.39, 0.29) is 18.4 Å². The van der Waals surface area contributed by atoms with Crippen molar-refractivity contribution >= 4 is 23.4 Å². The number of nitrogens with zero attached hydrogens (tertiary/aromatic N) is 6. The Morgan fingerprint density at radius 2 is 2.04 bits per heavy atom. The molecule has 0 unspecified atom stereocenters. The zero-order valence-corrected chi connectivity index (χ0v) is 16.4. The van der Waals surface area contributed by atoms with Gasteiger partial charge in [0.15, 0.2) is 0 Å². The number of pyridine rings is 1. The zero-order chi connectivity index (χ0) is 18.8. The first-order valence-corrected chi connectivity index (χ1v) is 9.64. The van der Waals surface area contributed by atoms with Gasteiger partial charge < -0.3 is 0 Å². The first-order chi connectivity index (χ1) is 12.4. The van der Waals surface area contributed by atoms with Crippen LogP contribution in [0.15, 0.2) is 34.5 Å². The number of rotatable bonds is 4. The lowest BCUT2D eigenvalue weighted by Gasteiger charge is -2.11. The van der Waals surface area contributed by atoms with Crippen LogP contribution in [0.25, 0.3) is 5.78 Å². The molecule has 0 aromatic carbocycles. The van der Waals surface area contributed by atoms with Crippen LogP contribution in [-0.2, 0) is 6.42 Å². The summed E-state index contributed by atoms with van der Waals surface area (Å²) in [6.45, 7) is 7.82. The van der Waals surface area contributed by atoms with Crippen LogP contribution in [0.5, 0.6) is 0 Å². The van der Waals surface area contributed by atoms with Gasteiger partial charge in [-0.1, -0.05) is 17.8 Å². The normalized spacial score (nSPS) is 12.3. The molecule has 3 aromatic rings. The Balaban J connectivity index is 2.03. The molecular weight excluding hydrogens is 348 g/mol. The van der Waals surface area contributed by atoms with E-state index >= 15 is 0 Å². The fourth-order valence-corrected chi connectivity index (χ4v) is 3.12. The van der Waals surface area contributed by atoms with E-state index in [0.717, 1.165) is 17.0 Å². The Kier molecular flexibility index (Phi) is 5.22. The molecule has 0 bridgehead atoms. The van der Waals surface area contributed by atoms with Gasteiger partial charge in [-0.05, 0) is 46.1 Å². The molecule has 0 saturated heterocycles. The first-order valence-electron chi connectivity index (χ1n) is 8.42. The summed E-state index contributed by atoms with van der Waals surface area (Å²) in [5.74, 6) is 0.506. The highest BCUT2D eigenvalue weighted by Gasteiger charge is 2.17. The van der Waals surface area contributed by atoms with Gasteiger partial charge in [-0.25, -0.2) is 9.50 Å². The fraction of sp³-hybridized carbons (Fsp3) is 0.389.